The van der Waals surface area contributed by atoms with Crippen LogP contribution in [0.25, 0.3) is 11.3 Å². The lowest BCUT2D eigenvalue weighted by Crippen LogP contribution is -2.20. The Labute approximate surface area is 221 Å². The van der Waals surface area contributed by atoms with Crippen LogP contribution in [0, 0.1) is 0 Å². The lowest BCUT2D eigenvalue weighted by molar-refractivity contribution is -0.139. The van der Waals surface area contributed by atoms with Crippen LogP contribution in [0.1, 0.15) is 28.3 Å². The number of aliphatic carboxylic acids is 1. The molecule has 1 unspecified atom stereocenters. The molecule has 0 aliphatic carbocycles. The van der Waals surface area contributed by atoms with Crippen molar-refractivity contribution in [2.24, 2.45) is 0 Å². The molecule has 0 bridgehead atoms. The van der Waals surface area contributed by atoms with E-state index < -0.39 is 11.9 Å². The van der Waals surface area contributed by atoms with Crippen LogP contribution >= 0.6 is 23.2 Å². The van der Waals surface area contributed by atoms with E-state index in [0.717, 1.165) is 5.56 Å². The fourth-order valence-electron chi connectivity index (χ4n) is 3.91. The Balaban J connectivity index is 1.25. The van der Waals surface area contributed by atoms with Gasteiger partial charge in [0.1, 0.15) is 17.2 Å². The fourth-order valence-corrected chi connectivity index (χ4v) is 4.32. The van der Waals surface area contributed by atoms with E-state index in [2.05, 4.69) is 15.5 Å². The second kappa shape index (κ2) is 10.5. The number of amides is 1. The summed E-state index contributed by atoms with van der Waals surface area (Å²) in [5.74, 6) is -0.477. The number of carbonyl (C=O) groups is 2. The van der Waals surface area contributed by atoms with E-state index >= 15 is 0 Å². The van der Waals surface area contributed by atoms with Crippen LogP contribution in [0.4, 0.5) is 5.82 Å². The van der Waals surface area contributed by atoms with Crippen molar-refractivity contribution in [3.05, 3.63) is 94.0 Å². The fraction of sp³-hybridized carbons (Fsp3) is 0.111. The Hall–Kier alpha value is -4.14. The first-order chi connectivity index (χ1) is 17.9. The van der Waals surface area contributed by atoms with Crippen LogP contribution in [-0.4, -0.2) is 33.8 Å². The molecule has 0 saturated carbocycles. The molecular formula is C27H19Cl2N3O5. The molecule has 5 rings (SSSR count). The molecule has 10 heteroatoms. The summed E-state index contributed by atoms with van der Waals surface area (Å²) in [7, 11) is 0. The highest BCUT2D eigenvalue weighted by Crippen LogP contribution is 2.41. The van der Waals surface area contributed by atoms with Crippen LogP contribution in [0.15, 0.2) is 72.8 Å². The van der Waals surface area contributed by atoms with E-state index in [1.54, 1.807) is 60.7 Å². The average Bonchev–Trinajstić information content (AvgIpc) is 2.89. The minimum Gasteiger partial charge on any atom is -0.493 e. The monoisotopic (exact) mass is 535 g/mol. The van der Waals surface area contributed by atoms with Crippen molar-refractivity contribution in [3.8, 4) is 28.5 Å². The van der Waals surface area contributed by atoms with Crippen LogP contribution in [-0.2, 0) is 4.79 Å². The van der Waals surface area contributed by atoms with Gasteiger partial charge in [0.2, 0.25) is 0 Å². The number of anilines is 1. The average molecular weight is 536 g/mol. The quantitative estimate of drug-likeness (QED) is 0.292. The number of aromatic nitrogens is 2. The van der Waals surface area contributed by atoms with Crippen LogP contribution in [0.5, 0.6) is 17.2 Å². The largest absolute Gasteiger partial charge is 0.493 e. The molecule has 1 atom stereocenters. The number of hydrogen-bond acceptors (Lipinski definition) is 6. The summed E-state index contributed by atoms with van der Waals surface area (Å²) in [5.41, 5.74) is 2.36. The number of fused-ring (bicyclic) bond motifs is 1. The van der Waals surface area contributed by atoms with Gasteiger partial charge in [-0.1, -0.05) is 35.3 Å². The molecule has 1 amide bonds. The molecule has 0 spiro atoms. The zero-order valence-electron chi connectivity index (χ0n) is 19.2. The van der Waals surface area contributed by atoms with Crippen molar-refractivity contribution in [1.82, 2.24) is 10.2 Å². The van der Waals surface area contributed by atoms with Gasteiger partial charge >= 0.3 is 5.97 Å². The van der Waals surface area contributed by atoms with E-state index in [4.69, 9.17) is 32.7 Å². The summed E-state index contributed by atoms with van der Waals surface area (Å²) in [5, 5.41) is 21.2. The minimum atomic E-state index is -0.925. The maximum absolute atomic E-state index is 12.7. The molecule has 3 aromatic carbocycles. The first kappa shape index (κ1) is 24.5. The summed E-state index contributed by atoms with van der Waals surface area (Å²) in [6, 6.07) is 20.2. The Morgan fingerprint density at radius 2 is 1.81 bits per heavy atom. The van der Waals surface area contributed by atoms with Crippen molar-refractivity contribution >= 4 is 40.9 Å². The summed E-state index contributed by atoms with van der Waals surface area (Å²) in [6.45, 7) is 0.294. The van der Waals surface area contributed by atoms with Crippen molar-refractivity contribution in [2.45, 2.75) is 12.3 Å². The SMILES string of the molecule is O=C(Nc1ccc(-c2cccc(Cl)c2)nn1)c1ccc(Oc2cc3c(cc2Cl)C(C(=O)O)CCO3)cc1. The maximum Gasteiger partial charge on any atom is 0.311 e. The minimum absolute atomic E-state index is 0.261. The highest BCUT2D eigenvalue weighted by molar-refractivity contribution is 6.32. The van der Waals surface area contributed by atoms with Gasteiger partial charge in [-0.3, -0.25) is 9.59 Å². The molecule has 0 radical (unpaired) electrons. The Morgan fingerprint density at radius 1 is 1.00 bits per heavy atom. The van der Waals surface area contributed by atoms with Crippen LogP contribution in [0.3, 0.4) is 0 Å². The van der Waals surface area contributed by atoms with Gasteiger partial charge in [0, 0.05) is 27.8 Å². The Kier molecular flexibility index (Phi) is 6.94. The molecule has 186 valence electrons. The number of carboxylic acid groups (broad SMARTS) is 1. The van der Waals surface area contributed by atoms with Gasteiger partial charge in [-0.25, -0.2) is 0 Å². The molecule has 0 saturated heterocycles. The number of halogens is 2. The Morgan fingerprint density at radius 3 is 2.51 bits per heavy atom. The zero-order valence-corrected chi connectivity index (χ0v) is 20.7. The maximum atomic E-state index is 12.7. The summed E-state index contributed by atoms with van der Waals surface area (Å²) >= 11 is 12.4. The van der Waals surface area contributed by atoms with E-state index in [9.17, 15) is 14.7 Å². The van der Waals surface area contributed by atoms with Crippen molar-refractivity contribution in [1.29, 1.82) is 0 Å². The van der Waals surface area contributed by atoms with Gasteiger partial charge in [-0.2, -0.15) is 0 Å². The predicted octanol–water partition coefficient (Wildman–Crippen LogP) is 6.45. The van der Waals surface area contributed by atoms with Crippen molar-refractivity contribution < 1.29 is 24.2 Å². The van der Waals surface area contributed by atoms with E-state index in [1.165, 1.54) is 0 Å². The Bertz CT molecular complexity index is 1480. The third-order valence-electron chi connectivity index (χ3n) is 5.77. The van der Waals surface area contributed by atoms with Crippen molar-refractivity contribution in [2.75, 3.05) is 11.9 Å². The van der Waals surface area contributed by atoms with E-state index in [-0.39, 0.29) is 10.9 Å². The predicted molar refractivity (Wildman–Crippen MR) is 139 cm³/mol. The van der Waals surface area contributed by atoms with Gasteiger partial charge in [0.25, 0.3) is 5.91 Å². The second-order valence-electron chi connectivity index (χ2n) is 8.24. The lowest BCUT2D eigenvalue weighted by Gasteiger charge is -2.24. The number of nitrogens with one attached hydrogen (secondary N) is 1. The number of benzene rings is 3. The number of nitrogens with zero attached hydrogens (tertiary/aromatic N) is 2. The lowest BCUT2D eigenvalue weighted by atomic mass is 9.93. The number of hydrogen-bond donors (Lipinski definition) is 2. The molecule has 4 aromatic rings. The van der Waals surface area contributed by atoms with Gasteiger partial charge in [0.05, 0.1) is 23.2 Å². The van der Waals surface area contributed by atoms with Gasteiger partial charge in [-0.15, -0.1) is 10.2 Å². The van der Waals surface area contributed by atoms with Crippen molar-refractivity contribution in [3.63, 3.8) is 0 Å². The van der Waals surface area contributed by atoms with Gasteiger partial charge < -0.3 is 19.9 Å². The molecule has 1 aromatic heterocycles. The number of carboxylic acids is 1. The van der Waals surface area contributed by atoms with E-state index in [0.29, 0.717) is 57.9 Å². The molecule has 1 aliphatic rings. The van der Waals surface area contributed by atoms with Gasteiger partial charge in [-0.05, 0) is 61.0 Å². The third kappa shape index (κ3) is 5.50. The molecule has 8 nitrogen and oxygen atoms in total. The van der Waals surface area contributed by atoms with Gasteiger partial charge in [0.15, 0.2) is 5.82 Å². The van der Waals surface area contributed by atoms with Crippen LogP contribution in [0.2, 0.25) is 10.0 Å². The smallest absolute Gasteiger partial charge is 0.311 e. The topological polar surface area (TPSA) is 111 Å². The summed E-state index contributed by atoms with van der Waals surface area (Å²) < 4.78 is 11.5. The summed E-state index contributed by atoms with van der Waals surface area (Å²) in [6.07, 6.45) is 0.375. The number of carbonyl (C=O) groups excluding carboxylic acids is 1. The molecule has 2 N–H and O–H groups in total. The highest BCUT2D eigenvalue weighted by Gasteiger charge is 2.29. The van der Waals surface area contributed by atoms with E-state index in [1.807, 2.05) is 12.1 Å². The normalized spacial score (nSPS) is 14.3. The number of rotatable bonds is 6. The summed E-state index contributed by atoms with van der Waals surface area (Å²) in [4.78, 5) is 24.2. The zero-order chi connectivity index (χ0) is 25.9. The molecule has 2 heterocycles. The standard InChI is InChI=1S/C27H19Cl2N3O5/c28-17-3-1-2-16(12-17)22-8-9-25(32-31-22)30-26(33)15-4-6-18(7-5-15)37-24-14-23-20(13-21(24)29)19(27(34)35)10-11-36-23/h1-9,12-14,19H,10-11H2,(H,34,35)(H,30,32,33). The molecule has 0 fully saturated rings. The third-order valence-corrected chi connectivity index (χ3v) is 6.30. The first-order valence-corrected chi connectivity index (χ1v) is 12.0. The number of ether oxygens (including phenoxy) is 2. The highest BCUT2D eigenvalue weighted by atomic mass is 35.5. The molecular weight excluding hydrogens is 517 g/mol. The molecule has 37 heavy (non-hydrogen) atoms. The first-order valence-electron chi connectivity index (χ1n) is 11.3. The van der Waals surface area contributed by atoms with Crippen LogP contribution < -0.4 is 14.8 Å². The molecule has 1 aliphatic heterocycles. The second-order valence-corrected chi connectivity index (χ2v) is 9.09.